The van der Waals surface area contributed by atoms with Crippen LogP contribution >= 0.6 is 35.3 Å². The van der Waals surface area contributed by atoms with Crippen molar-refractivity contribution in [1.29, 1.82) is 0 Å². The van der Waals surface area contributed by atoms with Crippen LogP contribution < -0.4 is 10.6 Å². The summed E-state index contributed by atoms with van der Waals surface area (Å²) >= 11 is 1.82. The van der Waals surface area contributed by atoms with Gasteiger partial charge in [-0.25, -0.2) is 0 Å². The van der Waals surface area contributed by atoms with E-state index in [9.17, 15) is 0 Å². The molecule has 0 bridgehead atoms. The maximum Gasteiger partial charge on any atom is 0.191 e. The van der Waals surface area contributed by atoms with E-state index in [0.717, 1.165) is 38.7 Å². The molecule has 0 atom stereocenters. The fourth-order valence-corrected chi connectivity index (χ4v) is 3.55. The van der Waals surface area contributed by atoms with Crippen LogP contribution in [0.25, 0.3) is 0 Å². The van der Waals surface area contributed by atoms with Gasteiger partial charge in [0.25, 0.3) is 0 Å². The molecule has 6 heteroatoms. The van der Waals surface area contributed by atoms with Crippen LogP contribution in [-0.2, 0) is 19.6 Å². The molecule has 4 nitrogen and oxygen atoms in total. The number of rotatable bonds is 8. The zero-order valence-electron chi connectivity index (χ0n) is 16.2. The number of nitrogens with one attached hydrogen (secondary N) is 2. The fraction of sp³-hybridized carbons (Fsp3) is 0.450. The van der Waals surface area contributed by atoms with Crippen molar-refractivity contribution in [2.24, 2.45) is 4.99 Å². The summed E-state index contributed by atoms with van der Waals surface area (Å²) in [6.45, 7) is 11.3. The van der Waals surface area contributed by atoms with Crippen LogP contribution in [0.1, 0.15) is 34.7 Å². The van der Waals surface area contributed by atoms with Crippen molar-refractivity contribution >= 4 is 41.3 Å². The summed E-state index contributed by atoms with van der Waals surface area (Å²) in [6.07, 6.45) is 0. The van der Waals surface area contributed by atoms with Gasteiger partial charge in [0.2, 0.25) is 0 Å². The Morgan fingerprint density at radius 2 is 1.65 bits per heavy atom. The zero-order valence-corrected chi connectivity index (χ0v) is 19.4. The minimum Gasteiger partial charge on any atom is -0.352 e. The molecule has 0 aliphatic carbocycles. The van der Waals surface area contributed by atoms with E-state index in [-0.39, 0.29) is 24.0 Å². The molecule has 0 aliphatic rings. The highest BCUT2D eigenvalue weighted by Gasteiger charge is 2.07. The van der Waals surface area contributed by atoms with Gasteiger partial charge in [0.05, 0.1) is 6.54 Å². The summed E-state index contributed by atoms with van der Waals surface area (Å²) in [4.78, 5) is 9.43. The molecular weight excluding hydrogens is 455 g/mol. The average molecular weight is 486 g/mol. The average Bonchev–Trinajstić information content (AvgIpc) is 3.06. The van der Waals surface area contributed by atoms with Crippen LogP contribution in [0, 0.1) is 6.92 Å². The molecule has 0 saturated carbocycles. The molecule has 2 rings (SSSR count). The molecule has 0 aliphatic heterocycles. The minimum absolute atomic E-state index is 0. The van der Waals surface area contributed by atoms with E-state index in [1.54, 1.807) is 0 Å². The second-order valence-corrected chi connectivity index (χ2v) is 7.39. The molecule has 0 radical (unpaired) electrons. The number of thiophene rings is 1. The van der Waals surface area contributed by atoms with Crippen molar-refractivity contribution in [2.45, 2.75) is 40.4 Å². The van der Waals surface area contributed by atoms with Gasteiger partial charge in [0.15, 0.2) is 5.96 Å². The SMILES string of the molecule is CCN(CC)Cc1ccccc1CNC(=NC)NCc1ccc(C)s1.I. The normalized spacial score (nSPS) is 11.3. The van der Waals surface area contributed by atoms with Gasteiger partial charge in [-0.2, -0.15) is 0 Å². The van der Waals surface area contributed by atoms with Crippen molar-refractivity contribution in [3.63, 3.8) is 0 Å². The van der Waals surface area contributed by atoms with Crippen molar-refractivity contribution in [3.05, 3.63) is 57.3 Å². The van der Waals surface area contributed by atoms with E-state index in [4.69, 9.17) is 0 Å². The number of nitrogens with zero attached hydrogens (tertiary/aromatic N) is 2. The lowest BCUT2D eigenvalue weighted by atomic mass is 10.1. The molecule has 1 aromatic heterocycles. The van der Waals surface area contributed by atoms with Crippen molar-refractivity contribution in [1.82, 2.24) is 15.5 Å². The summed E-state index contributed by atoms with van der Waals surface area (Å²) in [7, 11) is 1.82. The highest BCUT2D eigenvalue weighted by atomic mass is 127. The number of benzene rings is 1. The quantitative estimate of drug-likeness (QED) is 0.331. The molecule has 144 valence electrons. The summed E-state index contributed by atoms with van der Waals surface area (Å²) in [5.74, 6) is 0.837. The number of guanidine groups is 1. The molecule has 2 aromatic rings. The standard InChI is InChI=1S/C20H30N4S.HI/c1-5-24(6-2)15-18-10-8-7-9-17(18)13-22-20(21-4)23-14-19-12-11-16(3)25-19;/h7-12H,5-6,13-15H2,1-4H3,(H2,21,22,23);1H. The van der Waals surface area contributed by atoms with Crippen LogP contribution in [-0.4, -0.2) is 31.0 Å². The van der Waals surface area contributed by atoms with Crippen LogP contribution in [0.15, 0.2) is 41.4 Å². The third kappa shape index (κ3) is 7.25. The summed E-state index contributed by atoms with van der Waals surface area (Å²) in [5.41, 5.74) is 2.70. The Balaban J connectivity index is 0.00000338. The number of hydrogen-bond acceptors (Lipinski definition) is 3. The van der Waals surface area contributed by atoms with Crippen molar-refractivity contribution in [3.8, 4) is 0 Å². The summed E-state index contributed by atoms with van der Waals surface area (Å²) in [6, 6.07) is 13.0. The van der Waals surface area contributed by atoms with E-state index in [2.05, 4.69) is 77.7 Å². The molecule has 1 heterocycles. The second kappa shape index (κ2) is 12.3. The second-order valence-electron chi connectivity index (χ2n) is 6.02. The third-order valence-corrected chi connectivity index (χ3v) is 5.30. The third-order valence-electron chi connectivity index (χ3n) is 4.30. The first-order valence-electron chi connectivity index (χ1n) is 8.95. The predicted octanol–water partition coefficient (Wildman–Crippen LogP) is 4.38. The lowest BCUT2D eigenvalue weighted by Crippen LogP contribution is -2.36. The monoisotopic (exact) mass is 486 g/mol. The van der Waals surface area contributed by atoms with E-state index in [1.807, 2.05) is 18.4 Å². The van der Waals surface area contributed by atoms with Gasteiger partial charge in [0, 0.05) is 29.9 Å². The van der Waals surface area contributed by atoms with Crippen LogP contribution in [0.4, 0.5) is 0 Å². The Bertz CT molecular complexity index is 680. The van der Waals surface area contributed by atoms with Crippen molar-refractivity contribution < 1.29 is 0 Å². The fourth-order valence-electron chi connectivity index (χ4n) is 2.72. The molecule has 0 spiro atoms. The smallest absolute Gasteiger partial charge is 0.191 e. The van der Waals surface area contributed by atoms with Gasteiger partial charge in [-0.3, -0.25) is 9.89 Å². The predicted molar refractivity (Wildman–Crippen MR) is 125 cm³/mol. The van der Waals surface area contributed by atoms with Gasteiger partial charge in [-0.15, -0.1) is 35.3 Å². The lowest BCUT2D eigenvalue weighted by Gasteiger charge is -2.20. The summed E-state index contributed by atoms with van der Waals surface area (Å²) < 4.78 is 0. The first-order valence-corrected chi connectivity index (χ1v) is 9.76. The Labute approximate surface area is 179 Å². The topological polar surface area (TPSA) is 39.7 Å². The lowest BCUT2D eigenvalue weighted by molar-refractivity contribution is 0.295. The van der Waals surface area contributed by atoms with E-state index < -0.39 is 0 Å². The van der Waals surface area contributed by atoms with Crippen LogP contribution in [0.5, 0.6) is 0 Å². The number of aryl methyl sites for hydroxylation is 1. The molecule has 1 aromatic carbocycles. The summed E-state index contributed by atoms with van der Waals surface area (Å²) in [5, 5.41) is 6.83. The molecule has 0 unspecified atom stereocenters. The molecular formula is C20H31IN4S. The first kappa shape index (κ1) is 22.9. The minimum atomic E-state index is 0. The van der Waals surface area contributed by atoms with Crippen LogP contribution in [0.3, 0.4) is 0 Å². The van der Waals surface area contributed by atoms with Crippen LogP contribution in [0.2, 0.25) is 0 Å². The highest BCUT2D eigenvalue weighted by molar-refractivity contribution is 14.0. The van der Waals surface area contributed by atoms with Gasteiger partial charge >= 0.3 is 0 Å². The maximum atomic E-state index is 4.34. The number of aliphatic imine (C=N–C) groups is 1. The van der Waals surface area contributed by atoms with Gasteiger partial charge in [0.1, 0.15) is 0 Å². The highest BCUT2D eigenvalue weighted by Crippen LogP contribution is 2.14. The largest absolute Gasteiger partial charge is 0.352 e. The zero-order chi connectivity index (χ0) is 18.1. The molecule has 26 heavy (non-hydrogen) atoms. The molecule has 0 saturated heterocycles. The Morgan fingerprint density at radius 1 is 1.00 bits per heavy atom. The van der Waals surface area contributed by atoms with E-state index in [1.165, 1.54) is 20.9 Å². The molecule has 2 N–H and O–H groups in total. The van der Waals surface area contributed by atoms with Gasteiger partial charge < -0.3 is 10.6 Å². The van der Waals surface area contributed by atoms with Gasteiger partial charge in [-0.05, 0) is 43.3 Å². The van der Waals surface area contributed by atoms with Gasteiger partial charge in [-0.1, -0.05) is 38.1 Å². The Kier molecular flexibility index (Phi) is 10.8. The Morgan fingerprint density at radius 3 is 2.23 bits per heavy atom. The Hall–Kier alpha value is -1.12. The molecule has 0 fully saturated rings. The number of halogens is 1. The number of hydrogen-bond donors (Lipinski definition) is 2. The molecule has 0 amide bonds. The van der Waals surface area contributed by atoms with Crippen molar-refractivity contribution in [2.75, 3.05) is 20.1 Å². The van der Waals surface area contributed by atoms with E-state index in [0.29, 0.717) is 0 Å². The maximum absolute atomic E-state index is 4.34. The van der Waals surface area contributed by atoms with E-state index >= 15 is 0 Å². The first-order chi connectivity index (χ1) is 12.2.